The number of carbonyl (C=O) groups is 1. The number of aliphatic hydroxyl groups excluding tert-OH is 1. The zero-order valence-electron chi connectivity index (χ0n) is 11.3. The van der Waals surface area contributed by atoms with Gasteiger partial charge in [-0.1, -0.05) is 48.5 Å². The second-order valence-electron chi connectivity index (χ2n) is 4.61. The average Bonchev–Trinajstić information content (AvgIpc) is 2.48. The predicted octanol–water partition coefficient (Wildman–Crippen LogP) is 2.93. The molecule has 20 heavy (non-hydrogen) atoms. The van der Waals surface area contributed by atoms with Crippen LogP contribution in [0.2, 0.25) is 0 Å². The predicted molar refractivity (Wildman–Crippen MR) is 79.5 cm³/mol. The highest BCUT2D eigenvalue weighted by atomic mass is 16.3. The van der Waals surface area contributed by atoms with Crippen LogP contribution in [0.1, 0.15) is 18.6 Å². The molecule has 0 aliphatic heterocycles. The molecule has 104 valence electrons. The minimum Gasteiger partial charge on any atom is -0.386 e. The molecule has 0 fully saturated rings. The van der Waals surface area contributed by atoms with Gasteiger partial charge in [-0.25, -0.2) is 4.79 Å². The first-order chi connectivity index (χ1) is 9.66. The first kappa shape index (κ1) is 14.1. The molecule has 0 aliphatic rings. The summed E-state index contributed by atoms with van der Waals surface area (Å²) in [5.41, 5.74) is 1.49. The summed E-state index contributed by atoms with van der Waals surface area (Å²) in [6, 6.07) is 17.7. The summed E-state index contributed by atoms with van der Waals surface area (Å²) in [6.07, 6.45) is -0.738. The van der Waals surface area contributed by atoms with E-state index in [0.717, 1.165) is 5.56 Å². The summed E-state index contributed by atoms with van der Waals surface area (Å²) >= 11 is 0. The van der Waals surface area contributed by atoms with Gasteiger partial charge in [-0.3, -0.25) is 0 Å². The van der Waals surface area contributed by atoms with Gasteiger partial charge in [-0.05, 0) is 24.6 Å². The van der Waals surface area contributed by atoms with Gasteiger partial charge in [0, 0.05) is 5.69 Å². The molecule has 4 nitrogen and oxygen atoms in total. The van der Waals surface area contributed by atoms with Crippen LogP contribution < -0.4 is 10.6 Å². The van der Waals surface area contributed by atoms with Gasteiger partial charge < -0.3 is 15.7 Å². The molecule has 0 saturated carbocycles. The van der Waals surface area contributed by atoms with E-state index in [2.05, 4.69) is 10.6 Å². The van der Waals surface area contributed by atoms with E-state index in [1.807, 2.05) is 48.5 Å². The molecule has 2 aromatic carbocycles. The van der Waals surface area contributed by atoms with Gasteiger partial charge in [-0.2, -0.15) is 0 Å². The molecule has 0 aliphatic carbocycles. The van der Waals surface area contributed by atoms with Crippen molar-refractivity contribution in [1.29, 1.82) is 0 Å². The van der Waals surface area contributed by atoms with Crippen molar-refractivity contribution in [2.75, 3.05) is 5.32 Å². The molecule has 4 heteroatoms. The van der Waals surface area contributed by atoms with Gasteiger partial charge in [0.25, 0.3) is 0 Å². The van der Waals surface area contributed by atoms with E-state index in [1.54, 1.807) is 19.1 Å². The number of carbonyl (C=O) groups excluding carboxylic acids is 1. The minimum absolute atomic E-state index is 0.335. The number of rotatable bonds is 4. The molecule has 0 unspecified atom stereocenters. The normalized spacial score (nSPS) is 13.3. The van der Waals surface area contributed by atoms with Crippen LogP contribution in [-0.4, -0.2) is 17.2 Å². The van der Waals surface area contributed by atoms with Gasteiger partial charge in [0.05, 0.1) is 12.1 Å². The number of para-hydroxylation sites is 1. The maximum atomic E-state index is 11.8. The van der Waals surface area contributed by atoms with Crippen LogP contribution in [-0.2, 0) is 0 Å². The maximum absolute atomic E-state index is 11.8. The van der Waals surface area contributed by atoms with Crippen molar-refractivity contribution in [1.82, 2.24) is 5.32 Å². The van der Waals surface area contributed by atoms with E-state index in [0.29, 0.717) is 5.69 Å². The van der Waals surface area contributed by atoms with Crippen LogP contribution in [0.15, 0.2) is 60.7 Å². The van der Waals surface area contributed by atoms with Gasteiger partial charge in [0.1, 0.15) is 0 Å². The summed E-state index contributed by atoms with van der Waals surface area (Å²) in [4.78, 5) is 11.8. The van der Waals surface area contributed by atoms with Crippen molar-refractivity contribution < 1.29 is 9.90 Å². The lowest BCUT2D eigenvalue weighted by atomic mass is 10.0. The second kappa shape index (κ2) is 6.73. The summed E-state index contributed by atoms with van der Waals surface area (Å²) in [5.74, 6) is 0. The molecule has 0 spiro atoms. The Balaban J connectivity index is 1.91. The average molecular weight is 270 g/mol. The largest absolute Gasteiger partial charge is 0.386 e. The Hall–Kier alpha value is -2.33. The number of amides is 2. The quantitative estimate of drug-likeness (QED) is 0.800. The first-order valence-corrected chi connectivity index (χ1v) is 6.52. The second-order valence-corrected chi connectivity index (χ2v) is 4.61. The highest BCUT2D eigenvalue weighted by molar-refractivity contribution is 5.89. The lowest BCUT2D eigenvalue weighted by Gasteiger charge is -2.20. The lowest BCUT2D eigenvalue weighted by molar-refractivity contribution is 0.139. The van der Waals surface area contributed by atoms with E-state index < -0.39 is 6.10 Å². The summed E-state index contributed by atoms with van der Waals surface area (Å²) in [6.45, 7) is 1.77. The van der Waals surface area contributed by atoms with Crippen LogP contribution in [0.4, 0.5) is 10.5 Å². The fraction of sp³-hybridized carbons (Fsp3) is 0.188. The van der Waals surface area contributed by atoms with E-state index >= 15 is 0 Å². The van der Waals surface area contributed by atoms with Crippen LogP contribution in [0.3, 0.4) is 0 Å². The summed E-state index contributed by atoms with van der Waals surface area (Å²) in [7, 11) is 0. The molecular formula is C16H18N2O2. The standard InChI is InChI=1S/C16H18N2O2/c1-12(15(19)13-8-4-2-5-9-13)17-16(20)18-14-10-6-3-7-11-14/h2-12,15,19H,1H3,(H2,17,18,20)/t12-,15+/m0/s1. The van der Waals surface area contributed by atoms with E-state index in [4.69, 9.17) is 0 Å². The number of hydrogen-bond donors (Lipinski definition) is 3. The first-order valence-electron chi connectivity index (χ1n) is 6.52. The molecule has 2 aromatic rings. The van der Waals surface area contributed by atoms with Crippen LogP contribution >= 0.6 is 0 Å². The fourth-order valence-electron chi connectivity index (χ4n) is 1.91. The molecule has 2 rings (SSSR count). The Morgan fingerprint density at radius 3 is 2.15 bits per heavy atom. The lowest BCUT2D eigenvalue weighted by Crippen LogP contribution is -2.39. The Bertz CT molecular complexity index is 543. The van der Waals surface area contributed by atoms with E-state index in [-0.39, 0.29) is 12.1 Å². The molecule has 2 amide bonds. The smallest absolute Gasteiger partial charge is 0.319 e. The minimum atomic E-state index is -0.738. The third kappa shape index (κ3) is 3.83. The van der Waals surface area contributed by atoms with E-state index in [1.165, 1.54) is 0 Å². The number of urea groups is 1. The zero-order chi connectivity index (χ0) is 14.4. The van der Waals surface area contributed by atoms with Crippen LogP contribution in [0, 0.1) is 0 Å². The molecule has 0 radical (unpaired) electrons. The summed E-state index contributed by atoms with van der Waals surface area (Å²) < 4.78 is 0. The third-order valence-corrected chi connectivity index (χ3v) is 3.01. The fourth-order valence-corrected chi connectivity index (χ4v) is 1.91. The molecular weight excluding hydrogens is 252 g/mol. The zero-order valence-corrected chi connectivity index (χ0v) is 11.3. The maximum Gasteiger partial charge on any atom is 0.319 e. The van der Waals surface area contributed by atoms with Crippen molar-refractivity contribution >= 4 is 11.7 Å². The van der Waals surface area contributed by atoms with Crippen molar-refractivity contribution in [3.05, 3.63) is 66.2 Å². The Morgan fingerprint density at radius 2 is 1.55 bits per heavy atom. The third-order valence-electron chi connectivity index (χ3n) is 3.01. The molecule has 0 bridgehead atoms. The van der Waals surface area contributed by atoms with E-state index in [9.17, 15) is 9.90 Å². The SMILES string of the molecule is C[C@H](NC(=O)Nc1ccccc1)[C@@H](O)c1ccccc1. The monoisotopic (exact) mass is 270 g/mol. The van der Waals surface area contributed by atoms with Gasteiger partial charge in [0.15, 0.2) is 0 Å². The van der Waals surface area contributed by atoms with Gasteiger partial charge in [0.2, 0.25) is 0 Å². The number of hydrogen-bond acceptors (Lipinski definition) is 2. The van der Waals surface area contributed by atoms with Crippen molar-refractivity contribution in [2.45, 2.75) is 19.1 Å². The highest BCUT2D eigenvalue weighted by Gasteiger charge is 2.17. The summed E-state index contributed by atoms with van der Waals surface area (Å²) in [5, 5.41) is 15.6. The number of aliphatic hydroxyl groups is 1. The van der Waals surface area contributed by atoms with Gasteiger partial charge >= 0.3 is 6.03 Å². The van der Waals surface area contributed by atoms with Gasteiger partial charge in [-0.15, -0.1) is 0 Å². The molecule has 3 N–H and O–H groups in total. The Kier molecular flexibility index (Phi) is 4.74. The Morgan fingerprint density at radius 1 is 1.00 bits per heavy atom. The van der Waals surface area contributed by atoms with Crippen molar-refractivity contribution in [3.63, 3.8) is 0 Å². The molecule has 0 saturated heterocycles. The number of nitrogens with one attached hydrogen (secondary N) is 2. The number of benzene rings is 2. The van der Waals surface area contributed by atoms with Crippen molar-refractivity contribution in [3.8, 4) is 0 Å². The molecule has 2 atom stereocenters. The topological polar surface area (TPSA) is 61.4 Å². The van der Waals surface area contributed by atoms with Crippen molar-refractivity contribution in [2.24, 2.45) is 0 Å². The number of anilines is 1. The highest BCUT2D eigenvalue weighted by Crippen LogP contribution is 2.16. The van der Waals surface area contributed by atoms with Crippen LogP contribution in [0.25, 0.3) is 0 Å². The van der Waals surface area contributed by atoms with Crippen LogP contribution in [0.5, 0.6) is 0 Å². The molecule has 0 heterocycles. The molecule has 0 aromatic heterocycles. The Labute approximate surface area is 118 Å².